The Labute approximate surface area is 543 Å². The molecule has 0 amide bonds. The fraction of sp³-hybridized carbons (Fsp3) is 0.250. The number of hydrogen-bond donors (Lipinski definition) is 0. The van der Waals surface area contributed by atoms with Crippen molar-refractivity contribution in [3.05, 3.63) is 221 Å². The molecule has 9 aromatic carbocycles. The van der Waals surface area contributed by atoms with Crippen LogP contribution in [0.1, 0.15) is 141 Å². The van der Waals surface area contributed by atoms with Crippen LogP contribution in [0, 0.1) is 31.8 Å². The van der Waals surface area contributed by atoms with Crippen LogP contribution in [0.15, 0.2) is 168 Å². The van der Waals surface area contributed by atoms with Gasteiger partial charge in [0.2, 0.25) is 0 Å². The molecule has 89 heavy (non-hydrogen) atoms. The number of halogens is 1. The summed E-state index contributed by atoms with van der Waals surface area (Å²) in [5.74, 6) is 1.18. The average molecular weight is 1410 g/mol. The minimum atomic E-state index is -0.275. The molecule has 13 aromatic rings. The van der Waals surface area contributed by atoms with Gasteiger partial charge in [-0.25, -0.2) is 0 Å². The van der Waals surface area contributed by atoms with Crippen molar-refractivity contribution >= 4 is 102 Å². The van der Waals surface area contributed by atoms with E-state index < -0.39 is 0 Å². The van der Waals surface area contributed by atoms with Crippen LogP contribution in [-0.2, 0) is 36.4 Å². The van der Waals surface area contributed by atoms with E-state index in [0.29, 0.717) is 11.8 Å². The van der Waals surface area contributed by atoms with Crippen LogP contribution in [0.25, 0.3) is 99.9 Å². The van der Waals surface area contributed by atoms with E-state index in [0.717, 1.165) is 66.7 Å². The van der Waals surface area contributed by atoms with Gasteiger partial charge in [0.05, 0.1) is 0 Å². The molecule has 447 valence electrons. The maximum atomic E-state index is 12.7. The first kappa shape index (κ1) is 60.3. The van der Waals surface area contributed by atoms with Crippen molar-refractivity contribution in [3.63, 3.8) is 0 Å². The molecule has 0 saturated carbocycles. The summed E-state index contributed by atoms with van der Waals surface area (Å²) in [5.41, 5.74) is 27.0. The SMILES string of the molecule is CC(C)c1cccc(C(C)C)c1-n1c(-c2[c-]ccc3c2oc2c(-c4cc5c6c(c4)-n4c7ccc(C(C)(C)C)cc7c7cc(C(C)(C)C)cc(c74)B6c4cc(C(C)(C)C)ccc4[Se]5)cccc23)nc2ccccc21.Cc1cnc(-c2[c-]cc(F)cc2)cc1C.[Ir]. The Kier molecular flexibility index (Phi) is 15.0. The minimum absolute atomic E-state index is 0. The molecule has 6 heterocycles. The van der Waals surface area contributed by atoms with Gasteiger partial charge in [0.1, 0.15) is 0 Å². The number of benzene rings is 9. The molecule has 0 fully saturated rings. The molecule has 0 bridgehead atoms. The number of hydrogen-bond acceptors (Lipinski definition) is 3. The predicted molar refractivity (Wildman–Crippen MR) is 371 cm³/mol. The van der Waals surface area contributed by atoms with Crippen molar-refractivity contribution in [2.24, 2.45) is 0 Å². The van der Waals surface area contributed by atoms with E-state index >= 15 is 0 Å². The third-order valence-corrected chi connectivity index (χ3v) is 20.9. The van der Waals surface area contributed by atoms with Gasteiger partial charge in [-0.1, -0.05) is 69.7 Å². The molecule has 0 saturated heterocycles. The summed E-state index contributed by atoms with van der Waals surface area (Å²) in [6.45, 7) is 34.5. The monoisotopic (exact) mass is 1410 g/mol. The van der Waals surface area contributed by atoms with Crippen LogP contribution in [0.2, 0.25) is 0 Å². The number of imidazole rings is 1. The molecule has 2 aliphatic heterocycles. The summed E-state index contributed by atoms with van der Waals surface area (Å²) in [5, 5.41) is 4.83. The van der Waals surface area contributed by atoms with E-state index in [1.165, 1.54) is 110 Å². The van der Waals surface area contributed by atoms with Gasteiger partial charge in [-0.2, -0.15) is 0 Å². The second-order valence-corrected chi connectivity index (χ2v) is 30.6. The van der Waals surface area contributed by atoms with Gasteiger partial charge < -0.3 is 4.98 Å². The van der Waals surface area contributed by atoms with E-state index in [1.807, 2.05) is 26.1 Å². The summed E-state index contributed by atoms with van der Waals surface area (Å²) in [6.07, 6.45) is 1.82. The first-order valence-electron chi connectivity index (χ1n) is 31.1. The zero-order valence-electron chi connectivity index (χ0n) is 53.6. The fourth-order valence-corrected chi connectivity index (χ4v) is 16.0. The Bertz CT molecular complexity index is 4980. The van der Waals surface area contributed by atoms with Gasteiger partial charge >= 0.3 is 370 Å². The Morgan fingerprint density at radius 1 is 0.584 bits per heavy atom. The third kappa shape index (κ3) is 10.2. The minimum Gasteiger partial charge on any atom is -0.304 e. The maximum absolute atomic E-state index is 12.7. The molecule has 0 aliphatic carbocycles. The van der Waals surface area contributed by atoms with Crippen molar-refractivity contribution in [3.8, 4) is 45.1 Å². The average Bonchev–Trinajstić information content (AvgIpc) is 1.65. The standard InChI is InChI=1S/C67H63BN3OSe.C13H11FN.Ir/c1-37(2)43-19-16-20-44(38(3)4)60(43)71-55-26-15-14-25-53(55)69-64(71)48-24-18-23-47-46-22-17-21-45(62(46)72-63(47)48)39-31-56-59-58(32-39)73-57-30-28-41(66(8,9)10)35-51(57)68(59)52-36-42(67(11,12)13)34-50-49-33-40(65(5,6)7)27-29-54(49)70(56)61(50)52;1-9-7-13(15-8-10(9)2)11-3-5-12(14)6-4-11;/h14-23,25-38H,1-13H3;3,5-8H,1-2H3;/q2*-1;. The number of fused-ring (bicyclic) bond motifs is 11. The summed E-state index contributed by atoms with van der Waals surface area (Å²) in [7, 11) is 0. The van der Waals surface area contributed by atoms with Crippen molar-refractivity contribution < 1.29 is 28.9 Å². The first-order chi connectivity index (χ1) is 41.9. The molecule has 5 nitrogen and oxygen atoms in total. The van der Waals surface area contributed by atoms with Gasteiger partial charge in [0, 0.05) is 32.1 Å². The molecule has 0 spiro atoms. The quantitative estimate of drug-likeness (QED) is 0.123. The Hall–Kier alpha value is -7.64. The van der Waals surface area contributed by atoms with Gasteiger partial charge in [-0.15, -0.1) is 29.8 Å². The van der Waals surface area contributed by atoms with Crippen molar-refractivity contribution in [1.82, 2.24) is 19.1 Å². The van der Waals surface area contributed by atoms with Gasteiger partial charge in [0.15, 0.2) is 0 Å². The van der Waals surface area contributed by atoms with Crippen LogP contribution in [-0.4, -0.2) is 40.8 Å². The summed E-state index contributed by atoms with van der Waals surface area (Å²) < 4.78 is 28.0. The van der Waals surface area contributed by atoms with E-state index in [4.69, 9.17) is 9.40 Å². The number of rotatable bonds is 6. The van der Waals surface area contributed by atoms with Crippen molar-refractivity contribution in [1.29, 1.82) is 0 Å². The summed E-state index contributed by atoms with van der Waals surface area (Å²) >= 11 is 0.0626. The molecule has 0 atom stereocenters. The van der Waals surface area contributed by atoms with E-state index in [1.54, 1.807) is 6.07 Å². The Morgan fingerprint density at radius 3 is 1.96 bits per heavy atom. The molecular formula is C80H74BFIrN4OSe-2. The largest absolute Gasteiger partial charge is 0.304 e. The third-order valence-electron chi connectivity index (χ3n) is 18.5. The zero-order valence-corrected chi connectivity index (χ0v) is 57.7. The van der Waals surface area contributed by atoms with Crippen molar-refractivity contribution in [2.45, 2.75) is 132 Å². The van der Waals surface area contributed by atoms with E-state index in [9.17, 15) is 4.39 Å². The van der Waals surface area contributed by atoms with Gasteiger partial charge in [0.25, 0.3) is 0 Å². The second kappa shape index (κ2) is 22.1. The normalized spacial score (nSPS) is 13.0. The van der Waals surface area contributed by atoms with Crippen LogP contribution in [0.3, 0.4) is 0 Å². The fourth-order valence-electron chi connectivity index (χ4n) is 13.5. The van der Waals surface area contributed by atoms with E-state index in [2.05, 4.69) is 250 Å². The number of nitrogens with zero attached hydrogens (tertiary/aromatic N) is 4. The zero-order chi connectivity index (χ0) is 61.6. The smallest absolute Gasteiger partial charge is 0.0379 e. The Morgan fingerprint density at radius 2 is 1.26 bits per heavy atom. The van der Waals surface area contributed by atoms with Crippen LogP contribution >= 0.6 is 0 Å². The van der Waals surface area contributed by atoms with Crippen LogP contribution < -0.4 is 25.3 Å². The number of pyridine rings is 1. The molecule has 1 radical (unpaired) electrons. The van der Waals surface area contributed by atoms with Crippen LogP contribution in [0.4, 0.5) is 4.39 Å². The summed E-state index contributed by atoms with van der Waals surface area (Å²) in [4.78, 5) is 9.73. The number of para-hydroxylation sites is 4. The Balaban J connectivity index is 0.000000399. The van der Waals surface area contributed by atoms with E-state index in [-0.39, 0.29) is 63.8 Å². The molecule has 2 aliphatic rings. The molecule has 9 heteroatoms. The molecule has 0 N–H and O–H groups in total. The van der Waals surface area contributed by atoms with Gasteiger partial charge in [-0.05, 0) is 36.9 Å². The van der Waals surface area contributed by atoms with Gasteiger partial charge in [-0.3, -0.25) is 4.39 Å². The predicted octanol–water partition coefficient (Wildman–Crippen LogP) is 17.4. The van der Waals surface area contributed by atoms with Crippen LogP contribution in [0.5, 0.6) is 0 Å². The second-order valence-electron chi connectivity index (χ2n) is 28.3. The molecule has 0 unspecified atom stereocenters. The molecule has 4 aromatic heterocycles. The number of aryl methyl sites for hydroxylation is 2. The summed E-state index contributed by atoms with van der Waals surface area (Å²) in [6, 6.07) is 64.1. The number of furan rings is 1. The maximum Gasteiger partial charge on any atom is 0.0379 e. The molecule has 15 rings (SSSR count). The first-order valence-corrected chi connectivity index (χ1v) is 32.9. The topological polar surface area (TPSA) is 48.8 Å². The molecular weight excluding hydrogens is 1330 g/mol. The number of aromatic nitrogens is 4. The van der Waals surface area contributed by atoms with Crippen molar-refractivity contribution in [2.75, 3.05) is 0 Å².